The number of unbranched alkanes of at least 4 members (excludes halogenated alkanes) is 49. The number of aliphatic hydroxyl groups excluding tert-OH is 3. The van der Waals surface area contributed by atoms with Crippen molar-refractivity contribution < 1.29 is 20.1 Å². The molecule has 0 aliphatic rings. The number of rotatable bonds is 60. The van der Waals surface area contributed by atoms with E-state index in [1.54, 1.807) is 6.08 Å². The lowest BCUT2D eigenvalue weighted by Gasteiger charge is -2.21. The van der Waals surface area contributed by atoms with Crippen molar-refractivity contribution in [2.75, 3.05) is 6.61 Å². The number of hydrogen-bond acceptors (Lipinski definition) is 4. The second kappa shape index (κ2) is 60.4. The summed E-state index contributed by atoms with van der Waals surface area (Å²) in [7, 11) is 0. The van der Waals surface area contributed by atoms with Crippen LogP contribution in [0.5, 0.6) is 0 Å². The van der Waals surface area contributed by atoms with Gasteiger partial charge in [0.05, 0.1) is 31.3 Å². The van der Waals surface area contributed by atoms with E-state index >= 15 is 0 Å². The third-order valence-electron chi connectivity index (χ3n) is 15.2. The highest BCUT2D eigenvalue weighted by atomic mass is 16.3. The second-order valence-corrected chi connectivity index (χ2v) is 22.4. The molecule has 0 spiro atoms. The van der Waals surface area contributed by atoms with Crippen LogP contribution < -0.4 is 5.32 Å². The number of hydrogen-bond donors (Lipinski definition) is 4. The Morgan fingerprint density at radius 1 is 0.357 bits per heavy atom. The van der Waals surface area contributed by atoms with Gasteiger partial charge in [-0.2, -0.15) is 0 Å². The minimum atomic E-state index is -0.928. The summed E-state index contributed by atoms with van der Waals surface area (Å²) in [5, 5.41) is 33.5. The zero-order valence-corrected chi connectivity index (χ0v) is 47.7. The van der Waals surface area contributed by atoms with E-state index in [2.05, 4.69) is 31.3 Å². The van der Waals surface area contributed by atoms with Crippen molar-refractivity contribution in [1.29, 1.82) is 0 Å². The Kier molecular flexibility index (Phi) is 59.4. The molecule has 0 saturated heterocycles. The third kappa shape index (κ3) is 56.1. The minimum Gasteiger partial charge on any atom is -0.394 e. The van der Waals surface area contributed by atoms with Crippen molar-refractivity contribution >= 4 is 5.91 Å². The summed E-state index contributed by atoms with van der Waals surface area (Å²) >= 11 is 0. The van der Waals surface area contributed by atoms with Crippen molar-refractivity contribution in [3.63, 3.8) is 0 Å². The topological polar surface area (TPSA) is 89.8 Å². The average Bonchev–Trinajstić information content (AvgIpc) is 3.36. The summed E-state index contributed by atoms with van der Waals surface area (Å²) in [6.07, 6.45) is 78.4. The van der Waals surface area contributed by atoms with E-state index in [-0.39, 0.29) is 18.9 Å². The molecule has 416 valence electrons. The first-order valence-corrected chi connectivity index (χ1v) is 32.1. The molecule has 0 rings (SSSR count). The lowest BCUT2D eigenvalue weighted by atomic mass is 10.0. The molecule has 0 radical (unpaired) electrons. The molecular formula is C65H127NO4. The third-order valence-corrected chi connectivity index (χ3v) is 15.2. The standard InChI is InChI=1S/C65H127NO4/c1-3-5-7-9-11-13-15-17-19-21-23-24-25-26-27-28-29-30-31-32-33-34-35-36-37-38-39-40-41-42-44-46-48-50-52-54-56-58-62(68)60-65(70)66-63(61-67)64(69)59-57-55-53-51-49-47-45-43-22-20-18-16-14-12-10-8-6-4-2/h32-33,57,59,62-64,67-69H,3-31,34-56,58,60-61H2,1-2H3,(H,66,70)/b33-32-,59-57+. The quantitative estimate of drug-likeness (QED) is 0.0361. The smallest absolute Gasteiger partial charge is 0.222 e. The first-order chi connectivity index (χ1) is 34.5. The first kappa shape index (κ1) is 68.8. The van der Waals surface area contributed by atoms with Gasteiger partial charge in [0.2, 0.25) is 5.91 Å². The highest BCUT2D eigenvalue weighted by molar-refractivity contribution is 5.76. The first-order valence-electron chi connectivity index (χ1n) is 32.1. The Morgan fingerprint density at radius 2 is 0.600 bits per heavy atom. The molecule has 3 atom stereocenters. The second-order valence-electron chi connectivity index (χ2n) is 22.4. The molecule has 0 aliphatic carbocycles. The lowest BCUT2D eigenvalue weighted by Crippen LogP contribution is -2.45. The van der Waals surface area contributed by atoms with Gasteiger partial charge in [-0.3, -0.25) is 4.79 Å². The molecule has 0 saturated carbocycles. The van der Waals surface area contributed by atoms with Crippen molar-refractivity contribution in [3.8, 4) is 0 Å². The van der Waals surface area contributed by atoms with E-state index in [1.807, 2.05) is 6.08 Å². The average molecular weight is 987 g/mol. The van der Waals surface area contributed by atoms with E-state index in [0.717, 1.165) is 25.7 Å². The summed E-state index contributed by atoms with van der Waals surface area (Å²) < 4.78 is 0. The molecule has 0 aromatic rings. The Balaban J connectivity index is 3.46. The van der Waals surface area contributed by atoms with Gasteiger partial charge < -0.3 is 20.6 Å². The number of nitrogens with one attached hydrogen (secondary N) is 1. The van der Waals surface area contributed by atoms with E-state index < -0.39 is 18.2 Å². The van der Waals surface area contributed by atoms with Crippen LogP contribution in [0.15, 0.2) is 24.3 Å². The number of carbonyl (C=O) groups excluding carboxylic acids is 1. The minimum absolute atomic E-state index is 0.0173. The van der Waals surface area contributed by atoms with Crippen LogP contribution in [0.1, 0.15) is 361 Å². The highest BCUT2D eigenvalue weighted by Gasteiger charge is 2.20. The molecule has 0 aliphatic heterocycles. The highest BCUT2D eigenvalue weighted by Crippen LogP contribution is 2.18. The van der Waals surface area contributed by atoms with Crippen LogP contribution in [0, 0.1) is 0 Å². The summed E-state index contributed by atoms with van der Waals surface area (Å²) in [5.41, 5.74) is 0. The number of aliphatic hydroxyl groups is 3. The molecule has 3 unspecified atom stereocenters. The van der Waals surface area contributed by atoms with Crippen LogP contribution in [0.3, 0.4) is 0 Å². The van der Waals surface area contributed by atoms with Gasteiger partial charge in [-0.25, -0.2) is 0 Å². The van der Waals surface area contributed by atoms with Gasteiger partial charge in [0, 0.05) is 0 Å². The normalized spacial score (nSPS) is 13.3. The van der Waals surface area contributed by atoms with Crippen LogP contribution >= 0.6 is 0 Å². The van der Waals surface area contributed by atoms with Gasteiger partial charge in [-0.05, 0) is 44.9 Å². The van der Waals surface area contributed by atoms with Crippen LogP contribution in [0.25, 0.3) is 0 Å². The Hall–Kier alpha value is -1.17. The molecule has 0 heterocycles. The summed E-state index contributed by atoms with van der Waals surface area (Å²) in [6, 6.07) is -0.743. The zero-order chi connectivity index (χ0) is 50.7. The molecule has 1 amide bonds. The van der Waals surface area contributed by atoms with Crippen LogP contribution in [0.4, 0.5) is 0 Å². The van der Waals surface area contributed by atoms with Crippen molar-refractivity contribution in [2.45, 2.75) is 379 Å². The molecule has 0 aromatic carbocycles. The Bertz CT molecular complexity index is 1040. The molecule has 0 aromatic heterocycles. The Morgan fingerprint density at radius 3 is 0.871 bits per heavy atom. The van der Waals surface area contributed by atoms with E-state index in [4.69, 9.17) is 0 Å². The fraction of sp³-hybridized carbons (Fsp3) is 0.923. The predicted molar refractivity (Wildman–Crippen MR) is 310 cm³/mol. The fourth-order valence-corrected chi connectivity index (χ4v) is 10.3. The van der Waals surface area contributed by atoms with Crippen molar-refractivity contribution in [1.82, 2.24) is 5.32 Å². The molecule has 4 N–H and O–H groups in total. The van der Waals surface area contributed by atoms with Gasteiger partial charge in [-0.15, -0.1) is 0 Å². The Labute approximate surface area is 439 Å². The summed E-state index contributed by atoms with van der Waals surface area (Å²) in [6.45, 7) is 4.26. The molecule has 5 heteroatoms. The maximum atomic E-state index is 12.5. The van der Waals surface area contributed by atoms with Gasteiger partial charge >= 0.3 is 0 Å². The van der Waals surface area contributed by atoms with Crippen LogP contribution in [-0.2, 0) is 4.79 Å². The zero-order valence-electron chi connectivity index (χ0n) is 47.7. The number of carbonyl (C=O) groups is 1. The largest absolute Gasteiger partial charge is 0.394 e. The molecule has 0 fully saturated rings. The predicted octanol–water partition coefficient (Wildman–Crippen LogP) is 20.4. The van der Waals surface area contributed by atoms with Gasteiger partial charge in [-0.1, -0.05) is 334 Å². The SMILES string of the molecule is CCCCCCCCCCCCCCCCCC/C=C/C(O)C(CO)NC(=O)CC(O)CCCCCCCCCCCCCCCCC/C=C\CCCCCCCCCCCCCCCCCCCC. The van der Waals surface area contributed by atoms with Crippen molar-refractivity contribution in [3.05, 3.63) is 24.3 Å². The van der Waals surface area contributed by atoms with E-state index in [9.17, 15) is 20.1 Å². The molecule has 70 heavy (non-hydrogen) atoms. The lowest BCUT2D eigenvalue weighted by molar-refractivity contribution is -0.124. The number of amides is 1. The van der Waals surface area contributed by atoms with Crippen molar-refractivity contribution in [2.24, 2.45) is 0 Å². The molecule has 0 bridgehead atoms. The molecule has 5 nitrogen and oxygen atoms in total. The fourth-order valence-electron chi connectivity index (χ4n) is 10.3. The monoisotopic (exact) mass is 986 g/mol. The van der Waals surface area contributed by atoms with E-state index in [0.29, 0.717) is 6.42 Å². The van der Waals surface area contributed by atoms with Crippen LogP contribution in [0.2, 0.25) is 0 Å². The number of allylic oxidation sites excluding steroid dienone is 3. The summed E-state index contributed by atoms with van der Waals surface area (Å²) in [5.74, 6) is -0.309. The van der Waals surface area contributed by atoms with Gasteiger partial charge in [0.25, 0.3) is 0 Å². The molecular weight excluding hydrogens is 859 g/mol. The van der Waals surface area contributed by atoms with Crippen LogP contribution in [-0.4, -0.2) is 46.1 Å². The maximum absolute atomic E-state index is 12.5. The maximum Gasteiger partial charge on any atom is 0.222 e. The van der Waals surface area contributed by atoms with Gasteiger partial charge in [0.15, 0.2) is 0 Å². The van der Waals surface area contributed by atoms with E-state index in [1.165, 1.54) is 308 Å². The van der Waals surface area contributed by atoms with Gasteiger partial charge in [0.1, 0.15) is 0 Å². The summed E-state index contributed by atoms with van der Waals surface area (Å²) in [4.78, 5) is 12.5.